The number of ether oxygens (including phenoxy) is 1. The minimum absolute atomic E-state index is 0.460. The first-order chi connectivity index (χ1) is 7.36. The van der Waals surface area contributed by atoms with Gasteiger partial charge in [-0.2, -0.15) is 0 Å². The SMILES string of the molecule is CCNC1CCNc2c(OC)cccc21. The maximum atomic E-state index is 5.35. The summed E-state index contributed by atoms with van der Waals surface area (Å²) in [6.45, 7) is 4.15. The second kappa shape index (κ2) is 4.53. The lowest BCUT2D eigenvalue weighted by molar-refractivity contribution is 0.412. The van der Waals surface area contributed by atoms with Crippen molar-refractivity contribution < 1.29 is 4.74 Å². The van der Waals surface area contributed by atoms with Gasteiger partial charge in [0.25, 0.3) is 0 Å². The number of benzene rings is 1. The smallest absolute Gasteiger partial charge is 0.142 e. The minimum atomic E-state index is 0.460. The zero-order chi connectivity index (χ0) is 10.7. The van der Waals surface area contributed by atoms with E-state index >= 15 is 0 Å². The van der Waals surface area contributed by atoms with Crippen LogP contribution in [0.15, 0.2) is 18.2 Å². The number of fused-ring (bicyclic) bond motifs is 1. The number of rotatable bonds is 3. The standard InChI is InChI=1S/C12H18N2O/c1-3-13-10-7-8-14-12-9(10)5-4-6-11(12)15-2/h4-6,10,13-14H,3,7-8H2,1-2H3. The molecule has 1 unspecified atom stereocenters. The number of para-hydroxylation sites is 1. The van der Waals surface area contributed by atoms with Gasteiger partial charge >= 0.3 is 0 Å². The highest BCUT2D eigenvalue weighted by Crippen LogP contribution is 2.36. The van der Waals surface area contributed by atoms with Gasteiger partial charge in [0.15, 0.2) is 0 Å². The van der Waals surface area contributed by atoms with Crippen LogP contribution in [-0.4, -0.2) is 20.2 Å². The molecule has 15 heavy (non-hydrogen) atoms. The van der Waals surface area contributed by atoms with Crippen LogP contribution in [0.1, 0.15) is 24.9 Å². The Morgan fingerprint density at radius 1 is 1.53 bits per heavy atom. The van der Waals surface area contributed by atoms with Crippen LogP contribution in [0.25, 0.3) is 0 Å². The molecule has 1 aliphatic rings. The van der Waals surface area contributed by atoms with E-state index in [0.29, 0.717) is 6.04 Å². The van der Waals surface area contributed by atoms with Crippen molar-refractivity contribution in [3.63, 3.8) is 0 Å². The third-order valence-electron chi connectivity index (χ3n) is 2.84. The average Bonchev–Trinajstić information content (AvgIpc) is 2.29. The van der Waals surface area contributed by atoms with Gasteiger partial charge in [0.2, 0.25) is 0 Å². The van der Waals surface area contributed by atoms with E-state index in [1.165, 1.54) is 5.56 Å². The highest BCUT2D eigenvalue weighted by molar-refractivity contribution is 5.64. The largest absolute Gasteiger partial charge is 0.495 e. The topological polar surface area (TPSA) is 33.3 Å². The lowest BCUT2D eigenvalue weighted by Gasteiger charge is -2.28. The van der Waals surface area contributed by atoms with E-state index in [1.807, 2.05) is 6.07 Å². The first-order valence-electron chi connectivity index (χ1n) is 5.51. The fraction of sp³-hybridized carbons (Fsp3) is 0.500. The lowest BCUT2D eigenvalue weighted by atomic mass is 9.97. The fourth-order valence-electron chi connectivity index (χ4n) is 2.15. The van der Waals surface area contributed by atoms with Gasteiger partial charge in [-0.25, -0.2) is 0 Å². The summed E-state index contributed by atoms with van der Waals surface area (Å²) < 4.78 is 5.35. The maximum absolute atomic E-state index is 5.35. The van der Waals surface area contributed by atoms with E-state index < -0.39 is 0 Å². The molecule has 0 amide bonds. The molecule has 2 N–H and O–H groups in total. The molecule has 3 nitrogen and oxygen atoms in total. The molecule has 2 rings (SSSR count). The third-order valence-corrected chi connectivity index (χ3v) is 2.84. The van der Waals surface area contributed by atoms with Crippen molar-refractivity contribution in [2.75, 3.05) is 25.5 Å². The molecule has 0 fully saturated rings. The quantitative estimate of drug-likeness (QED) is 0.795. The predicted molar refractivity (Wildman–Crippen MR) is 62.5 cm³/mol. The summed E-state index contributed by atoms with van der Waals surface area (Å²) in [4.78, 5) is 0. The van der Waals surface area contributed by atoms with Crippen LogP contribution in [0.3, 0.4) is 0 Å². The molecule has 3 heteroatoms. The highest BCUT2D eigenvalue weighted by atomic mass is 16.5. The van der Waals surface area contributed by atoms with Gasteiger partial charge in [-0.1, -0.05) is 19.1 Å². The predicted octanol–water partition coefficient (Wildman–Crippen LogP) is 2.16. The van der Waals surface area contributed by atoms with Crippen molar-refractivity contribution in [3.05, 3.63) is 23.8 Å². The summed E-state index contributed by atoms with van der Waals surface area (Å²) >= 11 is 0. The molecule has 82 valence electrons. The molecule has 0 saturated carbocycles. The van der Waals surface area contributed by atoms with Gasteiger partial charge < -0.3 is 15.4 Å². The van der Waals surface area contributed by atoms with Crippen molar-refractivity contribution in [2.45, 2.75) is 19.4 Å². The van der Waals surface area contributed by atoms with Crippen molar-refractivity contribution in [2.24, 2.45) is 0 Å². The summed E-state index contributed by atoms with van der Waals surface area (Å²) in [7, 11) is 1.72. The molecule has 0 aliphatic carbocycles. The van der Waals surface area contributed by atoms with Crippen LogP contribution < -0.4 is 15.4 Å². The van der Waals surface area contributed by atoms with Crippen molar-refractivity contribution in [3.8, 4) is 5.75 Å². The Labute approximate surface area is 90.8 Å². The van der Waals surface area contributed by atoms with Crippen LogP contribution in [0, 0.1) is 0 Å². The second-order valence-electron chi connectivity index (χ2n) is 3.75. The molecular formula is C12H18N2O. The van der Waals surface area contributed by atoms with Gasteiger partial charge in [-0.15, -0.1) is 0 Å². The monoisotopic (exact) mass is 206 g/mol. The van der Waals surface area contributed by atoms with Gasteiger partial charge in [-0.3, -0.25) is 0 Å². The third kappa shape index (κ3) is 1.92. The van der Waals surface area contributed by atoms with Crippen LogP contribution in [0.2, 0.25) is 0 Å². The van der Waals surface area contributed by atoms with E-state index in [1.54, 1.807) is 7.11 Å². The summed E-state index contributed by atoms with van der Waals surface area (Å²) in [5, 5.41) is 6.90. The molecule has 0 saturated heterocycles. The Bertz CT molecular complexity index is 338. The highest BCUT2D eigenvalue weighted by Gasteiger charge is 2.21. The maximum Gasteiger partial charge on any atom is 0.142 e. The molecule has 0 spiro atoms. The van der Waals surface area contributed by atoms with Crippen molar-refractivity contribution >= 4 is 5.69 Å². The van der Waals surface area contributed by atoms with Crippen LogP contribution in [0.5, 0.6) is 5.75 Å². The average molecular weight is 206 g/mol. The van der Waals surface area contributed by atoms with E-state index in [2.05, 4.69) is 29.7 Å². The first-order valence-corrected chi connectivity index (χ1v) is 5.51. The first kappa shape index (κ1) is 10.3. The Morgan fingerprint density at radius 2 is 2.40 bits per heavy atom. The van der Waals surface area contributed by atoms with Crippen molar-refractivity contribution in [1.82, 2.24) is 5.32 Å². The lowest BCUT2D eigenvalue weighted by Crippen LogP contribution is -2.28. The summed E-state index contributed by atoms with van der Waals surface area (Å²) in [5.74, 6) is 0.940. The van der Waals surface area contributed by atoms with Crippen LogP contribution >= 0.6 is 0 Å². The normalized spacial score (nSPS) is 19.2. The van der Waals surface area contributed by atoms with Crippen molar-refractivity contribution in [1.29, 1.82) is 0 Å². The van der Waals surface area contributed by atoms with E-state index in [4.69, 9.17) is 4.74 Å². The van der Waals surface area contributed by atoms with Gasteiger partial charge in [-0.05, 0) is 24.6 Å². The molecule has 1 aromatic carbocycles. The molecule has 1 heterocycles. The number of hydrogen-bond donors (Lipinski definition) is 2. The molecule has 0 radical (unpaired) electrons. The van der Waals surface area contributed by atoms with E-state index in [0.717, 1.165) is 30.9 Å². The Morgan fingerprint density at radius 3 is 3.13 bits per heavy atom. The molecule has 1 atom stereocenters. The zero-order valence-electron chi connectivity index (χ0n) is 9.34. The number of anilines is 1. The Balaban J connectivity index is 2.35. The molecular weight excluding hydrogens is 188 g/mol. The van der Waals surface area contributed by atoms with E-state index in [9.17, 15) is 0 Å². The fourth-order valence-corrected chi connectivity index (χ4v) is 2.15. The molecule has 0 aromatic heterocycles. The Hall–Kier alpha value is -1.22. The second-order valence-corrected chi connectivity index (χ2v) is 3.75. The van der Waals surface area contributed by atoms with Crippen LogP contribution in [-0.2, 0) is 0 Å². The van der Waals surface area contributed by atoms with Crippen LogP contribution in [0.4, 0.5) is 5.69 Å². The number of nitrogens with one attached hydrogen (secondary N) is 2. The van der Waals surface area contributed by atoms with E-state index in [-0.39, 0.29) is 0 Å². The Kier molecular flexibility index (Phi) is 3.11. The zero-order valence-corrected chi connectivity index (χ0v) is 9.34. The summed E-state index contributed by atoms with van der Waals surface area (Å²) in [5.41, 5.74) is 2.47. The van der Waals surface area contributed by atoms with Gasteiger partial charge in [0.05, 0.1) is 12.8 Å². The minimum Gasteiger partial charge on any atom is -0.495 e. The number of methoxy groups -OCH3 is 1. The molecule has 1 aliphatic heterocycles. The molecule has 1 aromatic rings. The van der Waals surface area contributed by atoms with Gasteiger partial charge in [0, 0.05) is 12.6 Å². The number of hydrogen-bond acceptors (Lipinski definition) is 3. The molecule has 0 bridgehead atoms. The summed E-state index contributed by atoms with van der Waals surface area (Å²) in [6.07, 6.45) is 1.13. The van der Waals surface area contributed by atoms with Gasteiger partial charge in [0.1, 0.15) is 5.75 Å². The summed E-state index contributed by atoms with van der Waals surface area (Å²) in [6, 6.07) is 6.67.